The first-order valence-electron chi connectivity index (χ1n) is 8.59. The molecule has 1 aromatic carbocycles. The third-order valence-electron chi connectivity index (χ3n) is 4.39. The van der Waals surface area contributed by atoms with Gasteiger partial charge in [0.05, 0.1) is 30.0 Å². The maximum absolute atomic E-state index is 5.80. The zero-order valence-corrected chi connectivity index (χ0v) is 14.4. The van der Waals surface area contributed by atoms with Crippen molar-refractivity contribution in [3.63, 3.8) is 0 Å². The van der Waals surface area contributed by atoms with Gasteiger partial charge in [-0.1, -0.05) is 18.2 Å². The fourth-order valence-electron chi connectivity index (χ4n) is 3.03. The number of fused-ring (bicyclic) bond motifs is 1. The maximum Gasteiger partial charge on any atom is 0.119 e. The van der Waals surface area contributed by atoms with E-state index in [-0.39, 0.29) is 0 Å². The summed E-state index contributed by atoms with van der Waals surface area (Å²) in [5, 5.41) is 0. The molecule has 0 aliphatic carbocycles. The summed E-state index contributed by atoms with van der Waals surface area (Å²) >= 11 is 0. The smallest absolute Gasteiger partial charge is 0.119 e. The summed E-state index contributed by atoms with van der Waals surface area (Å²) in [6.07, 6.45) is 12.6. The number of benzene rings is 1. The number of allylic oxidation sites excluding steroid dienone is 3. The van der Waals surface area contributed by atoms with Crippen molar-refractivity contribution < 1.29 is 4.74 Å². The van der Waals surface area contributed by atoms with Crippen LogP contribution in [0.3, 0.4) is 0 Å². The van der Waals surface area contributed by atoms with Gasteiger partial charge in [0.15, 0.2) is 0 Å². The van der Waals surface area contributed by atoms with E-state index in [9.17, 15) is 0 Å². The summed E-state index contributed by atoms with van der Waals surface area (Å²) < 4.78 is 7.86. The Hall–Kier alpha value is -2.95. The van der Waals surface area contributed by atoms with Crippen LogP contribution in [-0.4, -0.2) is 45.6 Å². The molecule has 5 heteroatoms. The number of rotatable bonds is 5. The highest BCUT2D eigenvalue weighted by atomic mass is 16.5. The molecule has 0 bridgehead atoms. The molecule has 4 rings (SSSR count). The zero-order chi connectivity index (χ0) is 17.1. The molecule has 25 heavy (non-hydrogen) atoms. The highest BCUT2D eigenvalue weighted by Gasteiger charge is 2.18. The van der Waals surface area contributed by atoms with E-state index in [0.29, 0.717) is 6.61 Å². The third-order valence-corrected chi connectivity index (χ3v) is 4.39. The van der Waals surface area contributed by atoms with Crippen molar-refractivity contribution in [2.75, 3.05) is 26.2 Å². The lowest BCUT2D eigenvalue weighted by atomic mass is 10.2. The van der Waals surface area contributed by atoms with Crippen molar-refractivity contribution in [2.24, 2.45) is 0 Å². The van der Waals surface area contributed by atoms with Gasteiger partial charge in [-0.15, -0.1) is 0 Å². The topological polar surface area (TPSA) is 33.5 Å². The second kappa shape index (κ2) is 6.89. The molecule has 3 heterocycles. The Kier molecular flexibility index (Phi) is 4.29. The van der Waals surface area contributed by atoms with Crippen LogP contribution in [-0.2, 0) is 0 Å². The number of imidazole rings is 1. The minimum Gasteiger partial charge on any atom is -0.492 e. The van der Waals surface area contributed by atoms with Crippen LogP contribution in [0.15, 0.2) is 73.1 Å². The number of hydrogen-bond donors (Lipinski definition) is 0. The minimum atomic E-state index is 0.687. The van der Waals surface area contributed by atoms with Gasteiger partial charge >= 0.3 is 0 Å². The molecule has 0 spiro atoms. The average molecular weight is 334 g/mol. The van der Waals surface area contributed by atoms with E-state index in [1.807, 2.05) is 49.8 Å². The van der Waals surface area contributed by atoms with Gasteiger partial charge in [0.2, 0.25) is 0 Å². The molecule has 2 aromatic rings. The summed E-state index contributed by atoms with van der Waals surface area (Å²) in [4.78, 5) is 8.91. The molecule has 0 atom stereocenters. The lowest BCUT2D eigenvalue weighted by molar-refractivity contribution is 0.228. The summed E-state index contributed by atoms with van der Waals surface area (Å²) in [5.74, 6) is 0.926. The van der Waals surface area contributed by atoms with Crippen LogP contribution >= 0.6 is 0 Å². The van der Waals surface area contributed by atoms with Crippen LogP contribution < -0.4 is 4.74 Å². The van der Waals surface area contributed by atoms with E-state index in [1.54, 1.807) is 0 Å². The Labute approximate surface area is 148 Å². The van der Waals surface area contributed by atoms with Crippen molar-refractivity contribution >= 4 is 5.70 Å². The van der Waals surface area contributed by atoms with Gasteiger partial charge in [-0.05, 0) is 31.2 Å². The number of hydrogen-bond acceptors (Lipinski definition) is 4. The second-order valence-electron chi connectivity index (χ2n) is 6.25. The lowest BCUT2D eigenvalue weighted by Crippen LogP contribution is -2.38. The number of para-hydroxylation sites is 1. The van der Waals surface area contributed by atoms with Gasteiger partial charge in [-0.2, -0.15) is 0 Å². The van der Waals surface area contributed by atoms with Crippen LogP contribution in [0.5, 0.6) is 5.75 Å². The molecule has 2 aliphatic rings. The molecule has 128 valence electrons. The van der Waals surface area contributed by atoms with Gasteiger partial charge in [-0.25, -0.2) is 4.98 Å². The quantitative estimate of drug-likeness (QED) is 0.841. The molecule has 5 nitrogen and oxygen atoms in total. The Bertz CT molecular complexity index is 819. The summed E-state index contributed by atoms with van der Waals surface area (Å²) in [6.45, 7) is 5.54. The van der Waals surface area contributed by atoms with Crippen molar-refractivity contribution in [1.82, 2.24) is 19.4 Å². The first kappa shape index (κ1) is 15.6. The van der Waals surface area contributed by atoms with Crippen LogP contribution in [0.1, 0.15) is 5.69 Å². The van der Waals surface area contributed by atoms with E-state index in [0.717, 1.165) is 36.8 Å². The number of aromatic nitrogens is 2. The Morgan fingerprint density at radius 1 is 1.04 bits per heavy atom. The Morgan fingerprint density at radius 3 is 2.68 bits per heavy atom. The van der Waals surface area contributed by atoms with Crippen LogP contribution in [0.4, 0.5) is 0 Å². The molecule has 0 radical (unpaired) electrons. The monoisotopic (exact) mass is 334 g/mol. The predicted molar refractivity (Wildman–Crippen MR) is 98.7 cm³/mol. The van der Waals surface area contributed by atoms with Gasteiger partial charge in [-0.3, -0.25) is 0 Å². The second-order valence-corrected chi connectivity index (χ2v) is 6.25. The maximum atomic E-state index is 5.80. The average Bonchev–Trinajstić information content (AvgIpc) is 3.08. The van der Waals surface area contributed by atoms with Crippen LogP contribution in [0, 0.1) is 6.92 Å². The van der Waals surface area contributed by atoms with Gasteiger partial charge in [0.1, 0.15) is 12.4 Å². The van der Waals surface area contributed by atoms with E-state index >= 15 is 0 Å². The molecule has 0 N–H and O–H groups in total. The molecule has 0 amide bonds. The molecule has 2 aliphatic heterocycles. The van der Waals surface area contributed by atoms with Crippen LogP contribution in [0.25, 0.3) is 5.70 Å². The molecule has 1 aromatic heterocycles. The number of nitrogens with zero attached hydrogens (tertiary/aromatic N) is 4. The fourth-order valence-corrected chi connectivity index (χ4v) is 3.03. The summed E-state index contributed by atoms with van der Waals surface area (Å²) in [5.41, 5.74) is 3.38. The van der Waals surface area contributed by atoms with Crippen LogP contribution in [0.2, 0.25) is 0 Å². The molecule has 0 saturated heterocycles. The van der Waals surface area contributed by atoms with Crippen molar-refractivity contribution in [1.29, 1.82) is 0 Å². The molecular formula is C20H22N4O. The fraction of sp³-hybridized carbons (Fsp3) is 0.250. The predicted octanol–water partition coefficient (Wildman–Crippen LogP) is 3.10. The first-order valence-corrected chi connectivity index (χ1v) is 8.59. The molecular weight excluding hydrogens is 312 g/mol. The zero-order valence-electron chi connectivity index (χ0n) is 14.4. The Morgan fingerprint density at radius 2 is 1.88 bits per heavy atom. The van der Waals surface area contributed by atoms with E-state index in [1.165, 1.54) is 5.70 Å². The number of aryl methyl sites for hydroxylation is 1. The summed E-state index contributed by atoms with van der Waals surface area (Å²) in [6, 6.07) is 9.97. The van der Waals surface area contributed by atoms with E-state index < -0.39 is 0 Å². The molecule has 0 saturated carbocycles. The van der Waals surface area contributed by atoms with E-state index in [4.69, 9.17) is 4.74 Å². The Balaban J connectivity index is 1.36. The summed E-state index contributed by atoms with van der Waals surface area (Å²) in [7, 11) is 0. The van der Waals surface area contributed by atoms with Gasteiger partial charge in [0, 0.05) is 31.7 Å². The highest BCUT2D eigenvalue weighted by molar-refractivity contribution is 5.61. The first-order chi connectivity index (χ1) is 12.3. The van der Waals surface area contributed by atoms with Gasteiger partial charge in [0.25, 0.3) is 0 Å². The van der Waals surface area contributed by atoms with Crippen molar-refractivity contribution in [2.45, 2.75) is 6.92 Å². The molecule has 0 unspecified atom stereocenters. The van der Waals surface area contributed by atoms with E-state index in [2.05, 4.69) is 43.9 Å². The SMILES string of the molecule is Cc1cn(C2=CN3CCN(CCOc4ccccc4)C=C3C=C2)cn1. The van der Waals surface area contributed by atoms with Crippen molar-refractivity contribution in [3.05, 3.63) is 78.8 Å². The molecule has 0 fully saturated rings. The van der Waals surface area contributed by atoms with Gasteiger partial charge < -0.3 is 19.1 Å². The van der Waals surface area contributed by atoms with Crippen molar-refractivity contribution in [3.8, 4) is 5.75 Å². The third kappa shape index (κ3) is 3.60. The number of ether oxygens (including phenoxy) is 1. The normalized spacial score (nSPS) is 16.4. The standard InChI is InChI=1S/C20H22N4O/c1-17-13-24(16-21-17)19-8-7-18-14-22(9-10-23(18)15-19)11-12-25-20-5-3-2-4-6-20/h2-8,13-16H,9-12H2,1H3. The largest absolute Gasteiger partial charge is 0.492 e. The lowest BCUT2D eigenvalue weighted by Gasteiger charge is -2.35. The minimum absolute atomic E-state index is 0.687. The highest BCUT2D eigenvalue weighted by Crippen LogP contribution is 2.23.